The molecule has 0 fully saturated rings. The standard InChI is InChI=1S/C23H19Cl2N3S2/c1-16-7-10-19(11-8-16)29-15-22-26-27-23(28(22)18-5-3-2-4-6-18)30-14-17-9-12-20(24)21(25)13-17/h2-13H,14-15H2,1H3. The average Bonchev–Trinajstić information content (AvgIpc) is 3.17. The highest BCUT2D eigenvalue weighted by atomic mass is 35.5. The fourth-order valence-corrected chi connectivity index (χ4v) is 4.93. The van der Waals surface area contributed by atoms with Crippen molar-refractivity contribution in [3.8, 4) is 5.69 Å². The van der Waals surface area contributed by atoms with Crippen LogP contribution in [0.4, 0.5) is 0 Å². The lowest BCUT2D eigenvalue weighted by atomic mass is 10.2. The van der Waals surface area contributed by atoms with Crippen LogP contribution in [0.1, 0.15) is 17.0 Å². The molecule has 0 aliphatic carbocycles. The summed E-state index contributed by atoms with van der Waals surface area (Å²) in [5.74, 6) is 2.38. The van der Waals surface area contributed by atoms with Crippen LogP contribution in [0, 0.1) is 6.92 Å². The van der Waals surface area contributed by atoms with Crippen LogP contribution in [-0.4, -0.2) is 14.8 Å². The number of benzene rings is 3. The maximum absolute atomic E-state index is 6.16. The molecule has 0 atom stereocenters. The molecule has 0 saturated carbocycles. The second-order valence-corrected chi connectivity index (χ2v) is 9.51. The summed E-state index contributed by atoms with van der Waals surface area (Å²) in [6.07, 6.45) is 0. The van der Waals surface area contributed by atoms with Crippen LogP contribution in [0.25, 0.3) is 5.69 Å². The third-order valence-corrected chi connectivity index (χ3v) is 7.20. The summed E-state index contributed by atoms with van der Waals surface area (Å²) in [4.78, 5) is 1.22. The Bertz CT molecular complexity index is 1130. The summed E-state index contributed by atoms with van der Waals surface area (Å²) in [5.41, 5.74) is 3.40. The number of hydrogen-bond donors (Lipinski definition) is 0. The lowest BCUT2D eigenvalue weighted by Crippen LogP contribution is -2.01. The number of hydrogen-bond acceptors (Lipinski definition) is 4. The minimum absolute atomic E-state index is 0.563. The van der Waals surface area contributed by atoms with Crippen LogP contribution in [0.3, 0.4) is 0 Å². The van der Waals surface area contributed by atoms with Gasteiger partial charge in [-0.25, -0.2) is 0 Å². The lowest BCUT2D eigenvalue weighted by molar-refractivity contribution is 0.864. The van der Waals surface area contributed by atoms with E-state index in [9.17, 15) is 0 Å². The second-order valence-electron chi connectivity index (χ2n) is 6.71. The molecule has 7 heteroatoms. The first kappa shape index (κ1) is 21.3. The normalized spacial score (nSPS) is 11.0. The van der Waals surface area contributed by atoms with Crippen LogP contribution in [0.15, 0.2) is 82.8 Å². The highest BCUT2D eigenvalue weighted by Crippen LogP contribution is 2.30. The predicted octanol–water partition coefficient (Wildman–Crippen LogP) is 7.47. The molecule has 4 aromatic rings. The molecule has 0 N–H and O–H groups in total. The van der Waals surface area contributed by atoms with Gasteiger partial charge >= 0.3 is 0 Å². The molecule has 0 saturated heterocycles. The van der Waals surface area contributed by atoms with Gasteiger partial charge < -0.3 is 0 Å². The first-order chi connectivity index (χ1) is 14.6. The monoisotopic (exact) mass is 471 g/mol. The zero-order valence-corrected chi connectivity index (χ0v) is 19.4. The van der Waals surface area contributed by atoms with E-state index in [0.29, 0.717) is 10.0 Å². The Morgan fingerprint density at radius 1 is 0.800 bits per heavy atom. The van der Waals surface area contributed by atoms with Crippen LogP contribution in [0.5, 0.6) is 0 Å². The zero-order chi connectivity index (χ0) is 20.9. The molecule has 3 nitrogen and oxygen atoms in total. The lowest BCUT2D eigenvalue weighted by Gasteiger charge is -2.10. The first-order valence-corrected chi connectivity index (χ1v) is 12.1. The van der Waals surface area contributed by atoms with E-state index in [1.165, 1.54) is 10.5 Å². The fraction of sp³-hybridized carbons (Fsp3) is 0.130. The van der Waals surface area contributed by atoms with Crippen LogP contribution in [-0.2, 0) is 11.5 Å². The van der Waals surface area contributed by atoms with Crippen LogP contribution >= 0.6 is 46.7 Å². The highest BCUT2D eigenvalue weighted by molar-refractivity contribution is 7.98. The third-order valence-electron chi connectivity index (χ3n) is 4.46. The summed E-state index contributed by atoms with van der Waals surface area (Å²) in [6, 6.07) is 24.5. The number of rotatable bonds is 7. The molecule has 1 aromatic heterocycles. The van der Waals surface area contributed by atoms with E-state index in [1.807, 2.05) is 36.4 Å². The molecular weight excluding hydrogens is 453 g/mol. The molecule has 0 aliphatic heterocycles. The molecular formula is C23H19Cl2N3S2. The van der Waals surface area contributed by atoms with E-state index in [2.05, 4.69) is 58.1 Å². The average molecular weight is 472 g/mol. The van der Waals surface area contributed by atoms with Crippen molar-refractivity contribution < 1.29 is 0 Å². The van der Waals surface area contributed by atoms with Crippen molar-refractivity contribution in [2.24, 2.45) is 0 Å². The Morgan fingerprint density at radius 3 is 2.30 bits per heavy atom. The van der Waals surface area contributed by atoms with Crippen molar-refractivity contribution in [2.45, 2.75) is 28.5 Å². The molecule has 4 rings (SSSR count). The topological polar surface area (TPSA) is 30.7 Å². The number of aryl methyl sites for hydroxylation is 1. The van der Waals surface area contributed by atoms with Crippen molar-refractivity contribution in [1.82, 2.24) is 14.8 Å². The highest BCUT2D eigenvalue weighted by Gasteiger charge is 2.15. The summed E-state index contributed by atoms with van der Waals surface area (Å²) in [5, 5.41) is 11.0. The Balaban J connectivity index is 1.57. The molecule has 0 spiro atoms. The largest absolute Gasteiger partial charge is 0.273 e. The van der Waals surface area contributed by atoms with E-state index in [1.54, 1.807) is 23.5 Å². The Kier molecular flexibility index (Phi) is 7.05. The summed E-state index contributed by atoms with van der Waals surface area (Å²) in [6.45, 7) is 2.10. The van der Waals surface area contributed by atoms with E-state index in [-0.39, 0.29) is 0 Å². The van der Waals surface area contributed by atoms with E-state index < -0.39 is 0 Å². The second kappa shape index (κ2) is 9.92. The maximum Gasteiger partial charge on any atom is 0.196 e. The van der Waals surface area contributed by atoms with Gasteiger partial charge in [0.1, 0.15) is 5.82 Å². The van der Waals surface area contributed by atoms with Gasteiger partial charge in [-0.1, -0.05) is 76.9 Å². The molecule has 152 valence electrons. The van der Waals surface area contributed by atoms with Crippen molar-refractivity contribution in [2.75, 3.05) is 0 Å². The number of para-hydroxylation sites is 1. The van der Waals surface area contributed by atoms with E-state index >= 15 is 0 Å². The van der Waals surface area contributed by atoms with Gasteiger partial charge in [-0.05, 0) is 48.9 Å². The van der Waals surface area contributed by atoms with Gasteiger partial charge in [0.2, 0.25) is 0 Å². The van der Waals surface area contributed by atoms with E-state index in [0.717, 1.165) is 33.7 Å². The molecule has 0 amide bonds. The molecule has 0 bridgehead atoms. The number of halogens is 2. The number of nitrogens with zero attached hydrogens (tertiary/aromatic N) is 3. The number of thioether (sulfide) groups is 2. The summed E-state index contributed by atoms with van der Waals surface area (Å²) in [7, 11) is 0. The summed E-state index contributed by atoms with van der Waals surface area (Å²) < 4.78 is 2.13. The SMILES string of the molecule is Cc1ccc(SCc2nnc(SCc3ccc(Cl)c(Cl)c3)n2-c2ccccc2)cc1. The van der Waals surface area contributed by atoms with Gasteiger partial charge in [-0.2, -0.15) is 0 Å². The molecule has 0 radical (unpaired) electrons. The van der Waals surface area contributed by atoms with Gasteiger partial charge in [0.25, 0.3) is 0 Å². The quantitative estimate of drug-likeness (QED) is 0.261. The third kappa shape index (κ3) is 5.22. The maximum atomic E-state index is 6.16. The van der Waals surface area contributed by atoms with Crippen LogP contribution < -0.4 is 0 Å². The van der Waals surface area contributed by atoms with Crippen molar-refractivity contribution in [3.63, 3.8) is 0 Å². The van der Waals surface area contributed by atoms with Gasteiger partial charge in [0.15, 0.2) is 5.16 Å². The van der Waals surface area contributed by atoms with Crippen molar-refractivity contribution >= 4 is 46.7 Å². The predicted molar refractivity (Wildman–Crippen MR) is 128 cm³/mol. The molecule has 0 unspecified atom stereocenters. The molecule has 3 aromatic carbocycles. The molecule has 0 aliphatic rings. The smallest absolute Gasteiger partial charge is 0.196 e. The Labute approximate surface area is 194 Å². The van der Waals surface area contributed by atoms with Crippen molar-refractivity contribution in [1.29, 1.82) is 0 Å². The molecule has 1 heterocycles. The minimum atomic E-state index is 0.563. The van der Waals surface area contributed by atoms with Crippen LogP contribution in [0.2, 0.25) is 10.0 Å². The fourth-order valence-electron chi connectivity index (χ4n) is 2.88. The van der Waals surface area contributed by atoms with E-state index in [4.69, 9.17) is 23.2 Å². The van der Waals surface area contributed by atoms with Gasteiger partial charge in [0, 0.05) is 16.3 Å². The van der Waals surface area contributed by atoms with Gasteiger partial charge in [-0.3, -0.25) is 4.57 Å². The minimum Gasteiger partial charge on any atom is -0.273 e. The first-order valence-electron chi connectivity index (χ1n) is 9.36. The number of aromatic nitrogens is 3. The summed E-state index contributed by atoms with van der Waals surface area (Å²) >= 11 is 15.6. The Hall–Kier alpha value is -1.92. The van der Waals surface area contributed by atoms with Gasteiger partial charge in [0.05, 0.1) is 15.8 Å². The van der Waals surface area contributed by atoms with Gasteiger partial charge in [-0.15, -0.1) is 22.0 Å². The molecule has 30 heavy (non-hydrogen) atoms. The van der Waals surface area contributed by atoms with Crippen molar-refractivity contribution in [3.05, 3.63) is 99.8 Å². The Morgan fingerprint density at radius 2 is 1.57 bits per heavy atom. The zero-order valence-electron chi connectivity index (χ0n) is 16.3.